The molecule has 1 aromatic carbocycles. The highest BCUT2D eigenvalue weighted by molar-refractivity contribution is 9.10. The van der Waals surface area contributed by atoms with E-state index in [0.717, 1.165) is 24.9 Å². The van der Waals surface area contributed by atoms with Crippen LogP contribution in [0.25, 0.3) is 0 Å². The maximum absolute atomic E-state index is 10.4. The summed E-state index contributed by atoms with van der Waals surface area (Å²) < 4.78 is 2.04. The van der Waals surface area contributed by atoms with Crippen molar-refractivity contribution < 1.29 is 5.11 Å². The average molecular weight is 376 g/mol. The summed E-state index contributed by atoms with van der Waals surface area (Å²) in [6.45, 7) is 4.06. The molecule has 0 saturated heterocycles. The van der Waals surface area contributed by atoms with Gasteiger partial charge in [-0.15, -0.1) is 11.3 Å². The Morgan fingerprint density at radius 2 is 1.82 bits per heavy atom. The Balaban J connectivity index is 2.40. The first-order chi connectivity index (χ1) is 7.99. The van der Waals surface area contributed by atoms with Crippen LogP contribution in [0.5, 0.6) is 0 Å². The molecule has 0 saturated carbocycles. The lowest BCUT2D eigenvalue weighted by molar-refractivity contribution is 0.223. The van der Waals surface area contributed by atoms with Gasteiger partial charge in [0, 0.05) is 13.8 Å². The van der Waals surface area contributed by atoms with Gasteiger partial charge in [0.05, 0.1) is 4.88 Å². The first-order valence-electron chi connectivity index (χ1n) is 5.19. The lowest BCUT2D eigenvalue weighted by atomic mass is 10.1. The van der Waals surface area contributed by atoms with E-state index in [1.54, 1.807) is 11.3 Å². The Labute approximate surface area is 122 Å². The highest BCUT2D eigenvalue weighted by Gasteiger charge is 2.16. The van der Waals surface area contributed by atoms with Crippen LogP contribution in [0.4, 0.5) is 0 Å². The summed E-state index contributed by atoms with van der Waals surface area (Å²) in [6.07, 6.45) is -0.560. The van der Waals surface area contributed by atoms with Crippen LogP contribution in [-0.2, 0) is 0 Å². The van der Waals surface area contributed by atoms with E-state index in [1.807, 2.05) is 38.1 Å². The van der Waals surface area contributed by atoms with Gasteiger partial charge in [0.25, 0.3) is 0 Å². The second kappa shape index (κ2) is 5.22. The maximum atomic E-state index is 10.4. The number of halogens is 2. The van der Waals surface area contributed by atoms with Gasteiger partial charge in [0.2, 0.25) is 0 Å². The van der Waals surface area contributed by atoms with Gasteiger partial charge in [0.1, 0.15) is 6.10 Å². The Kier molecular flexibility index (Phi) is 4.08. The minimum Gasteiger partial charge on any atom is -0.383 e. The summed E-state index contributed by atoms with van der Waals surface area (Å²) in [5.41, 5.74) is 2.05. The summed E-state index contributed by atoms with van der Waals surface area (Å²) in [5, 5.41) is 10.4. The third-order valence-corrected chi connectivity index (χ3v) is 5.49. The van der Waals surface area contributed by atoms with Gasteiger partial charge < -0.3 is 5.11 Å². The molecule has 0 aliphatic carbocycles. The zero-order valence-electron chi connectivity index (χ0n) is 9.50. The van der Waals surface area contributed by atoms with E-state index < -0.39 is 6.10 Å². The van der Waals surface area contributed by atoms with E-state index in [-0.39, 0.29) is 0 Å². The Bertz CT molecular complexity index is 548. The van der Waals surface area contributed by atoms with E-state index in [9.17, 15) is 5.11 Å². The second-order valence-corrected chi connectivity index (χ2v) is 6.98. The normalized spacial score (nSPS) is 12.8. The quantitative estimate of drug-likeness (QED) is 0.785. The molecule has 0 spiro atoms. The van der Waals surface area contributed by atoms with Crippen molar-refractivity contribution in [2.24, 2.45) is 0 Å². The van der Waals surface area contributed by atoms with Crippen molar-refractivity contribution in [3.05, 3.63) is 54.1 Å². The molecular formula is C13H12Br2OS. The lowest BCUT2D eigenvalue weighted by Crippen LogP contribution is -1.98. The van der Waals surface area contributed by atoms with E-state index >= 15 is 0 Å². The standard InChI is InChI=1S/C13H12Br2OS/c1-7-5-9(3-4-10(7)14)12(16)13-11(15)6-8(2)17-13/h3-6,12,16H,1-2H3. The molecule has 0 bridgehead atoms. The fourth-order valence-corrected chi connectivity index (χ4v) is 3.81. The molecule has 0 amide bonds. The minimum atomic E-state index is -0.560. The van der Waals surface area contributed by atoms with Crippen molar-refractivity contribution in [3.63, 3.8) is 0 Å². The highest BCUT2D eigenvalue weighted by atomic mass is 79.9. The van der Waals surface area contributed by atoms with Crippen molar-refractivity contribution in [3.8, 4) is 0 Å². The SMILES string of the molecule is Cc1cc(Br)c(C(O)c2ccc(Br)c(C)c2)s1. The summed E-state index contributed by atoms with van der Waals surface area (Å²) in [4.78, 5) is 2.16. The van der Waals surface area contributed by atoms with Crippen LogP contribution in [-0.4, -0.2) is 5.11 Å². The molecule has 1 N–H and O–H groups in total. The number of hydrogen-bond donors (Lipinski definition) is 1. The molecule has 1 atom stereocenters. The zero-order valence-corrected chi connectivity index (χ0v) is 13.5. The number of thiophene rings is 1. The summed E-state index contributed by atoms with van der Waals surface area (Å²) in [7, 11) is 0. The Morgan fingerprint density at radius 1 is 1.12 bits per heavy atom. The molecule has 0 aliphatic rings. The van der Waals surface area contributed by atoms with Crippen LogP contribution in [0, 0.1) is 13.8 Å². The molecular weight excluding hydrogens is 364 g/mol. The molecule has 2 rings (SSSR count). The minimum absolute atomic E-state index is 0.560. The molecule has 1 aromatic heterocycles. The molecule has 1 unspecified atom stereocenters. The molecule has 4 heteroatoms. The molecule has 1 nitrogen and oxygen atoms in total. The van der Waals surface area contributed by atoms with Gasteiger partial charge in [-0.2, -0.15) is 0 Å². The van der Waals surface area contributed by atoms with Crippen LogP contribution in [0.2, 0.25) is 0 Å². The topological polar surface area (TPSA) is 20.2 Å². The van der Waals surface area contributed by atoms with Crippen LogP contribution in [0.15, 0.2) is 33.2 Å². The Morgan fingerprint density at radius 3 is 2.35 bits per heavy atom. The van der Waals surface area contributed by atoms with Crippen molar-refractivity contribution in [1.82, 2.24) is 0 Å². The predicted octanol–water partition coefficient (Wildman–Crippen LogP) is 4.97. The lowest BCUT2D eigenvalue weighted by Gasteiger charge is -2.11. The summed E-state index contributed by atoms with van der Waals surface area (Å²) >= 11 is 8.57. The maximum Gasteiger partial charge on any atom is 0.114 e. The molecule has 17 heavy (non-hydrogen) atoms. The largest absolute Gasteiger partial charge is 0.383 e. The smallest absolute Gasteiger partial charge is 0.114 e. The van der Waals surface area contributed by atoms with E-state index in [1.165, 1.54) is 4.88 Å². The van der Waals surface area contributed by atoms with E-state index in [0.29, 0.717) is 0 Å². The van der Waals surface area contributed by atoms with Crippen LogP contribution in [0.3, 0.4) is 0 Å². The first kappa shape index (κ1) is 13.3. The van der Waals surface area contributed by atoms with Crippen LogP contribution < -0.4 is 0 Å². The number of aliphatic hydroxyl groups excluding tert-OH is 1. The molecule has 2 aromatic rings. The third-order valence-electron chi connectivity index (χ3n) is 2.58. The van der Waals surface area contributed by atoms with Crippen LogP contribution >= 0.6 is 43.2 Å². The van der Waals surface area contributed by atoms with Crippen molar-refractivity contribution >= 4 is 43.2 Å². The van der Waals surface area contributed by atoms with Crippen molar-refractivity contribution in [2.75, 3.05) is 0 Å². The van der Waals surface area contributed by atoms with Gasteiger partial charge in [-0.25, -0.2) is 0 Å². The van der Waals surface area contributed by atoms with Crippen molar-refractivity contribution in [1.29, 1.82) is 0 Å². The van der Waals surface area contributed by atoms with E-state index in [2.05, 4.69) is 31.9 Å². The molecule has 90 valence electrons. The fraction of sp³-hybridized carbons (Fsp3) is 0.231. The molecule has 0 aliphatic heterocycles. The molecule has 0 radical (unpaired) electrons. The molecule has 1 heterocycles. The van der Waals surface area contributed by atoms with Gasteiger partial charge in [-0.05, 0) is 53.0 Å². The predicted molar refractivity (Wildman–Crippen MR) is 79.7 cm³/mol. The second-order valence-electron chi connectivity index (χ2n) is 3.98. The van der Waals surface area contributed by atoms with E-state index in [4.69, 9.17) is 0 Å². The number of rotatable bonds is 2. The van der Waals surface area contributed by atoms with Crippen molar-refractivity contribution in [2.45, 2.75) is 20.0 Å². The monoisotopic (exact) mass is 374 g/mol. The van der Waals surface area contributed by atoms with Crippen LogP contribution in [0.1, 0.15) is 27.0 Å². The number of hydrogen-bond acceptors (Lipinski definition) is 2. The molecule has 0 fully saturated rings. The zero-order chi connectivity index (χ0) is 12.6. The number of aliphatic hydroxyl groups is 1. The first-order valence-corrected chi connectivity index (χ1v) is 7.59. The van der Waals surface area contributed by atoms with Gasteiger partial charge >= 0.3 is 0 Å². The van der Waals surface area contributed by atoms with Gasteiger partial charge in [-0.1, -0.05) is 28.1 Å². The average Bonchev–Trinajstić information content (AvgIpc) is 2.61. The number of aryl methyl sites for hydroxylation is 2. The summed E-state index contributed by atoms with van der Waals surface area (Å²) in [6, 6.07) is 7.97. The fourth-order valence-electron chi connectivity index (χ4n) is 1.68. The highest BCUT2D eigenvalue weighted by Crippen LogP contribution is 2.36. The Hall–Kier alpha value is -0.160. The third kappa shape index (κ3) is 2.81. The van der Waals surface area contributed by atoms with Gasteiger partial charge in [-0.3, -0.25) is 0 Å². The summed E-state index contributed by atoms with van der Waals surface area (Å²) in [5.74, 6) is 0. The van der Waals surface area contributed by atoms with Gasteiger partial charge in [0.15, 0.2) is 0 Å². The number of benzene rings is 1.